The van der Waals surface area contributed by atoms with E-state index >= 15 is 0 Å². The molecular weight excluding hydrogens is 209 g/mol. The Hall–Kier alpha value is -1.29. The number of halogens is 1. The van der Waals surface area contributed by atoms with Gasteiger partial charge in [-0.2, -0.15) is 0 Å². The van der Waals surface area contributed by atoms with Gasteiger partial charge in [-0.05, 0) is 36.1 Å². The van der Waals surface area contributed by atoms with E-state index in [1.54, 1.807) is 6.07 Å². The van der Waals surface area contributed by atoms with Gasteiger partial charge in [0.1, 0.15) is 18.9 Å². The van der Waals surface area contributed by atoms with Crippen molar-refractivity contribution < 1.29 is 13.9 Å². The molecule has 3 nitrogen and oxygen atoms in total. The molecule has 3 rings (SSSR count). The summed E-state index contributed by atoms with van der Waals surface area (Å²) in [5.41, 5.74) is 5.81. The highest BCUT2D eigenvalue weighted by atomic mass is 19.1. The van der Waals surface area contributed by atoms with E-state index in [2.05, 4.69) is 0 Å². The lowest BCUT2D eigenvalue weighted by molar-refractivity contribution is 0.165. The first kappa shape index (κ1) is 9.90. The molecule has 0 fully saturated rings. The fraction of sp³-hybridized carbons (Fsp3) is 0.500. The highest BCUT2D eigenvalue weighted by Gasteiger charge is 2.39. The fourth-order valence-electron chi connectivity index (χ4n) is 2.43. The van der Waals surface area contributed by atoms with Gasteiger partial charge in [0.2, 0.25) is 0 Å². The number of hydrogen-bond acceptors (Lipinski definition) is 3. The third-order valence-corrected chi connectivity index (χ3v) is 3.36. The summed E-state index contributed by atoms with van der Waals surface area (Å²) in [6, 6.07) is 3.64. The summed E-state index contributed by atoms with van der Waals surface area (Å²) < 4.78 is 25.3. The minimum Gasteiger partial charge on any atom is -0.486 e. The van der Waals surface area contributed by atoms with Crippen LogP contribution < -0.4 is 15.2 Å². The van der Waals surface area contributed by atoms with Crippen LogP contribution in [0.1, 0.15) is 17.5 Å². The van der Waals surface area contributed by atoms with Crippen molar-refractivity contribution in [2.75, 3.05) is 19.8 Å². The summed E-state index contributed by atoms with van der Waals surface area (Å²) in [4.78, 5) is 0. The normalized spacial score (nSPS) is 26.6. The molecule has 0 spiro atoms. The standard InChI is InChI=1S/C12H14FNO2/c13-12(7-14)2-1-8-5-10-11(6-9(8)12)16-4-3-15-10/h5-6H,1-4,7,14H2. The Labute approximate surface area is 93.3 Å². The fourth-order valence-corrected chi connectivity index (χ4v) is 2.43. The summed E-state index contributed by atoms with van der Waals surface area (Å²) in [6.07, 6.45) is 1.18. The van der Waals surface area contributed by atoms with Crippen LogP contribution in [0.4, 0.5) is 4.39 Å². The Bertz CT molecular complexity index is 435. The van der Waals surface area contributed by atoms with E-state index in [0.717, 1.165) is 17.7 Å². The minimum atomic E-state index is -1.38. The van der Waals surface area contributed by atoms with Crippen LogP contribution in [0.2, 0.25) is 0 Å². The van der Waals surface area contributed by atoms with Gasteiger partial charge in [0, 0.05) is 6.54 Å². The molecule has 1 aliphatic heterocycles. The zero-order valence-electron chi connectivity index (χ0n) is 8.96. The number of hydrogen-bond donors (Lipinski definition) is 1. The van der Waals surface area contributed by atoms with Crippen molar-refractivity contribution in [1.82, 2.24) is 0 Å². The molecule has 1 aromatic carbocycles. The van der Waals surface area contributed by atoms with Gasteiger partial charge in [-0.1, -0.05) is 0 Å². The zero-order valence-corrected chi connectivity index (χ0v) is 8.96. The molecule has 4 heteroatoms. The maximum absolute atomic E-state index is 14.4. The molecule has 0 bridgehead atoms. The molecule has 0 amide bonds. The molecule has 16 heavy (non-hydrogen) atoms. The van der Waals surface area contributed by atoms with Crippen LogP contribution in [0.3, 0.4) is 0 Å². The van der Waals surface area contributed by atoms with E-state index in [4.69, 9.17) is 15.2 Å². The Morgan fingerprint density at radius 2 is 1.94 bits per heavy atom. The predicted octanol–water partition coefficient (Wildman–Crippen LogP) is 1.53. The quantitative estimate of drug-likeness (QED) is 0.785. The maximum atomic E-state index is 14.4. The van der Waals surface area contributed by atoms with Crippen LogP contribution in [-0.4, -0.2) is 19.8 Å². The van der Waals surface area contributed by atoms with Crippen LogP contribution in [-0.2, 0) is 12.1 Å². The Morgan fingerprint density at radius 1 is 1.25 bits per heavy atom. The first-order valence-corrected chi connectivity index (χ1v) is 5.55. The Balaban J connectivity index is 2.10. The molecule has 2 N–H and O–H groups in total. The molecule has 2 aliphatic rings. The lowest BCUT2D eigenvalue weighted by atomic mass is 9.97. The average Bonchev–Trinajstić information content (AvgIpc) is 2.65. The smallest absolute Gasteiger partial charge is 0.161 e. The number of aryl methyl sites for hydroxylation is 1. The largest absolute Gasteiger partial charge is 0.486 e. The van der Waals surface area contributed by atoms with Gasteiger partial charge in [0.25, 0.3) is 0 Å². The highest BCUT2D eigenvalue weighted by Crippen LogP contribution is 2.45. The predicted molar refractivity (Wildman–Crippen MR) is 57.6 cm³/mol. The van der Waals surface area contributed by atoms with Gasteiger partial charge in [-0.25, -0.2) is 4.39 Å². The van der Waals surface area contributed by atoms with Crippen molar-refractivity contribution in [2.45, 2.75) is 18.5 Å². The van der Waals surface area contributed by atoms with Crippen LogP contribution in [0.15, 0.2) is 12.1 Å². The SMILES string of the molecule is NCC1(F)CCc2cc3c(cc21)OCCO3. The summed E-state index contributed by atoms with van der Waals surface area (Å²) in [7, 11) is 0. The number of alkyl halides is 1. The van der Waals surface area contributed by atoms with Crippen LogP contribution >= 0.6 is 0 Å². The molecule has 0 saturated heterocycles. The van der Waals surface area contributed by atoms with Crippen molar-refractivity contribution in [3.05, 3.63) is 23.3 Å². The van der Waals surface area contributed by atoms with Crippen molar-refractivity contribution in [2.24, 2.45) is 5.73 Å². The van der Waals surface area contributed by atoms with Crippen molar-refractivity contribution in [3.8, 4) is 11.5 Å². The van der Waals surface area contributed by atoms with Crippen molar-refractivity contribution in [1.29, 1.82) is 0 Å². The summed E-state index contributed by atoms with van der Waals surface area (Å²) in [6.45, 7) is 1.11. The van der Waals surface area contributed by atoms with E-state index in [0.29, 0.717) is 30.9 Å². The van der Waals surface area contributed by atoms with Gasteiger partial charge < -0.3 is 15.2 Å². The number of benzene rings is 1. The molecule has 0 saturated carbocycles. The van der Waals surface area contributed by atoms with E-state index in [9.17, 15) is 4.39 Å². The summed E-state index contributed by atoms with van der Waals surface area (Å²) in [5.74, 6) is 1.37. The van der Waals surface area contributed by atoms with Crippen LogP contribution in [0.25, 0.3) is 0 Å². The Morgan fingerprint density at radius 3 is 2.62 bits per heavy atom. The van der Waals surface area contributed by atoms with E-state index in [1.807, 2.05) is 6.07 Å². The zero-order chi connectivity index (χ0) is 11.2. The van der Waals surface area contributed by atoms with E-state index in [1.165, 1.54) is 0 Å². The van der Waals surface area contributed by atoms with Crippen molar-refractivity contribution >= 4 is 0 Å². The van der Waals surface area contributed by atoms with Crippen LogP contribution in [0, 0.1) is 0 Å². The van der Waals surface area contributed by atoms with Gasteiger partial charge in [0.15, 0.2) is 11.5 Å². The molecular formula is C12H14FNO2. The third-order valence-electron chi connectivity index (χ3n) is 3.36. The first-order valence-electron chi connectivity index (χ1n) is 5.55. The lowest BCUT2D eigenvalue weighted by Crippen LogP contribution is -2.27. The average molecular weight is 223 g/mol. The topological polar surface area (TPSA) is 44.5 Å². The summed E-state index contributed by atoms with van der Waals surface area (Å²) >= 11 is 0. The number of rotatable bonds is 1. The molecule has 1 unspecified atom stereocenters. The third kappa shape index (κ3) is 1.29. The van der Waals surface area contributed by atoms with Gasteiger partial charge in [-0.15, -0.1) is 0 Å². The van der Waals surface area contributed by atoms with Crippen LogP contribution in [0.5, 0.6) is 11.5 Å². The lowest BCUT2D eigenvalue weighted by Gasteiger charge is -2.22. The van der Waals surface area contributed by atoms with Gasteiger partial charge in [-0.3, -0.25) is 0 Å². The molecule has 1 aliphatic carbocycles. The monoisotopic (exact) mass is 223 g/mol. The van der Waals surface area contributed by atoms with Gasteiger partial charge >= 0.3 is 0 Å². The number of ether oxygens (including phenoxy) is 2. The Kier molecular flexibility index (Phi) is 2.07. The first-order chi connectivity index (χ1) is 7.73. The molecule has 1 aromatic rings. The van der Waals surface area contributed by atoms with Gasteiger partial charge in [0.05, 0.1) is 0 Å². The molecule has 0 aromatic heterocycles. The molecule has 86 valence electrons. The second-order valence-electron chi connectivity index (χ2n) is 4.32. The number of fused-ring (bicyclic) bond motifs is 2. The minimum absolute atomic E-state index is 0.0274. The van der Waals surface area contributed by atoms with Crippen molar-refractivity contribution in [3.63, 3.8) is 0 Å². The summed E-state index contributed by atoms with van der Waals surface area (Å²) in [5, 5.41) is 0. The number of nitrogens with two attached hydrogens (primary N) is 1. The van der Waals surface area contributed by atoms with E-state index in [-0.39, 0.29) is 6.54 Å². The maximum Gasteiger partial charge on any atom is 0.161 e. The highest BCUT2D eigenvalue weighted by molar-refractivity contribution is 5.52. The second-order valence-corrected chi connectivity index (χ2v) is 4.32. The second kappa shape index (κ2) is 3.35. The molecule has 1 heterocycles. The molecule has 1 atom stereocenters. The van der Waals surface area contributed by atoms with E-state index < -0.39 is 5.67 Å². The molecule has 0 radical (unpaired) electrons.